The number of alkyl halides is 2. The molecule has 0 aromatic heterocycles. The van der Waals surface area contributed by atoms with Crippen molar-refractivity contribution in [1.29, 1.82) is 0 Å². The summed E-state index contributed by atoms with van der Waals surface area (Å²) in [5, 5.41) is 9.00. The van der Waals surface area contributed by atoms with Crippen molar-refractivity contribution >= 4 is 0 Å². The third kappa shape index (κ3) is 2.41. The van der Waals surface area contributed by atoms with Crippen molar-refractivity contribution in [2.75, 3.05) is 0 Å². The monoisotopic (exact) mass is 178 g/mol. The summed E-state index contributed by atoms with van der Waals surface area (Å²) in [4.78, 5) is 0. The second-order valence-electron chi connectivity index (χ2n) is 4.12. The molecule has 0 amide bonds. The predicted octanol–water partition coefficient (Wildman–Crippen LogP) is 2.58. The van der Waals surface area contributed by atoms with E-state index in [1.54, 1.807) is 0 Å². The van der Waals surface area contributed by atoms with Gasteiger partial charge in [0.25, 0.3) is 6.43 Å². The minimum absolute atomic E-state index is 0.0319. The fraction of sp³-hybridized carbons (Fsp3) is 1.00. The molecule has 1 rings (SSSR count). The maximum Gasteiger partial charge on any atom is 0.264 e. The average Bonchev–Trinajstić information content (AvgIpc) is 2.35. The predicted molar refractivity (Wildman–Crippen MR) is 43.2 cm³/mol. The van der Waals surface area contributed by atoms with Crippen LogP contribution < -0.4 is 0 Å². The standard InChI is InChI=1S/C9H16F2O/c1-9(4-2-3-5-9)6-7(12)8(10)11/h7-8,12H,2-6H2,1H3. The molecule has 1 atom stereocenters. The van der Waals surface area contributed by atoms with Crippen molar-refractivity contribution in [2.45, 2.75) is 51.6 Å². The first-order valence-corrected chi connectivity index (χ1v) is 4.50. The maximum atomic E-state index is 12.0. The van der Waals surface area contributed by atoms with Crippen molar-refractivity contribution in [3.8, 4) is 0 Å². The van der Waals surface area contributed by atoms with Crippen molar-refractivity contribution in [3.05, 3.63) is 0 Å². The van der Waals surface area contributed by atoms with Crippen LogP contribution in [-0.4, -0.2) is 17.6 Å². The second-order valence-corrected chi connectivity index (χ2v) is 4.12. The molecule has 0 radical (unpaired) electrons. The molecule has 1 nitrogen and oxygen atoms in total. The molecule has 12 heavy (non-hydrogen) atoms. The van der Waals surface area contributed by atoms with E-state index in [0.29, 0.717) is 0 Å². The van der Waals surface area contributed by atoms with Crippen LogP contribution in [0.4, 0.5) is 8.78 Å². The van der Waals surface area contributed by atoms with Crippen LogP contribution in [0.2, 0.25) is 0 Å². The van der Waals surface area contributed by atoms with E-state index in [1.165, 1.54) is 0 Å². The Labute approximate surface area is 71.8 Å². The van der Waals surface area contributed by atoms with Crippen LogP contribution >= 0.6 is 0 Å². The summed E-state index contributed by atoms with van der Waals surface area (Å²) in [6.45, 7) is 1.99. The highest BCUT2D eigenvalue weighted by molar-refractivity contribution is 4.83. The van der Waals surface area contributed by atoms with Gasteiger partial charge >= 0.3 is 0 Å². The Hall–Kier alpha value is -0.180. The second kappa shape index (κ2) is 3.69. The van der Waals surface area contributed by atoms with E-state index in [0.717, 1.165) is 25.7 Å². The first-order chi connectivity index (χ1) is 5.53. The number of hydrogen-bond acceptors (Lipinski definition) is 1. The van der Waals surface area contributed by atoms with Crippen LogP contribution in [0.5, 0.6) is 0 Å². The van der Waals surface area contributed by atoms with Gasteiger partial charge in [-0.1, -0.05) is 19.8 Å². The molecule has 1 N–H and O–H groups in total. The molecule has 1 aliphatic rings. The maximum absolute atomic E-state index is 12.0. The molecular weight excluding hydrogens is 162 g/mol. The average molecular weight is 178 g/mol. The lowest BCUT2D eigenvalue weighted by molar-refractivity contribution is -0.0292. The summed E-state index contributed by atoms with van der Waals surface area (Å²) in [6.07, 6.45) is 0.451. The van der Waals surface area contributed by atoms with Crippen LogP contribution in [0, 0.1) is 5.41 Å². The van der Waals surface area contributed by atoms with E-state index in [9.17, 15) is 8.78 Å². The molecule has 1 aliphatic carbocycles. The van der Waals surface area contributed by atoms with Gasteiger partial charge in [-0.3, -0.25) is 0 Å². The highest BCUT2D eigenvalue weighted by Crippen LogP contribution is 2.41. The zero-order valence-corrected chi connectivity index (χ0v) is 7.39. The first-order valence-electron chi connectivity index (χ1n) is 4.50. The lowest BCUT2D eigenvalue weighted by atomic mass is 9.83. The number of hydrogen-bond donors (Lipinski definition) is 1. The smallest absolute Gasteiger partial charge is 0.264 e. The summed E-state index contributed by atoms with van der Waals surface area (Å²) < 4.78 is 24.0. The Bertz CT molecular complexity index is 141. The zero-order valence-electron chi connectivity index (χ0n) is 7.39. The number of aliphatic hydroxyl groups excluding tert-OH is 1. The van der Waals surface area contributed by atoms with Crippen LogP contribution in [0.3, 0.4) is 0 Å². The van der Waals surface area contributed by atoms with Crippen molar-refractivity contribution in [1.82, 2.24) is 0 Å². The van der Waals surface area contributed by atoms with Crippen LogP contribution in [0.25, 0.3) is 0 Å². The number of rotatable bonds is 3. The fourth-order valence-corrected chi connectivity index (χ4v) is 2.03. The summed E-state index contributed by atoms with van der Waals surface area (Å²) in [6, 6.07) is 0. The molecular formula is C9H16F2O. The Kier molecular flexibility index (Phi) is 3.04. The highest BCUT2D eigenvalue weighted by Gasteiger charge is 2.33. The van der Waals surface area contributed by atoms with Gasteiger partial charge in [-0.05, 0) is 24.7 Å². The molecule has 3 heteroatoms. The largest absolute Gasteiger partial charge is 0.387 e. The SMILES string of the molecule is CC1(CC(O)C(F)F)CCCC1. The quantitative estimate of drug-likeness (QED) is 0.704. The Morgan fingerprint density at radius 3 is 2.25 bits per heavy atom. The zero-order chi connectivity index (χ0) is 9.19. The molecule has 1 saturated carbocycles. The lowest BCUT2D eigenvalue weighted by Crippen LogP contribution is -2.26. The molecule has 0 aromatic carbocycles. The molecule has 0 aliphatic heterocycles. The summed E-state index contributed by atoms with van der Waals surface area (Å²) >= 11 is 0. The fourth-order valence-electron chi connectivity index (χ4n) is 2.03. The summed E-state index contributed by atoms with van der Waals surface area (Å²) in [7, 11) is 0. The van der Waals surface area contributed by atoms with Crippen molar-refractivity contribution in [2.24, 2.45) is 5.41 Å². The topological polar surface area (TPSA) is 20.2 Å². The van der Waals surface area contributed by atoms with Gasteiger partial charge in [0.2, 0.25) is 0 Å². The van der Waals surface area contributed by atoms with Gasteiger partial charge in [0.05, 0.1) is 0 Å². The van der Waals surface area contributed by atoms with Gasteiger partial charge in [-0.25, -0.2) is 8.78 Å². The molecule has 0 aromatic rings. The third-order valence-electron chi connectivity index (χ3n) is 2.80. The van der Waals surface area contributed by atoms with E-state index in [1.807, 2.05) is 6.92 Å². The molecule has 72 valence electrons. The minimum atomic E-state index is -2.58. The van der Waals surface area contributed by atoms with Gasteiger partial charge in [-0.2, -0.15) is 0 Å². The molecule has 0 spiro atoms. The van der Waals surface area contributed by atoms with Gasteiger partial charge in [0.15, 0.2) is 0 Å². The van der Waals surface area contributed by atoms with Crippen LogP contribution in [-0.2, 0) is 0 Å². The van der Waals surface area contributed by atoms with E-state index < -0.39 is 12.5 Å². The van der Waals surface area contributed by atoms with Crippen LogP contribution in [0.15, 0.2) is 0 Å². The van der Waals surface area contributed by atoms with Crippen molar-refractivity contribution in [3.63, 3.8) is 0 Å². The number of halogens is 2. The number of aliphatic hydroxyl groups is 1. The van der Waals surface area contributed by atoms with E-state index in [-0.39, 0.29) is 11.8 Å². The van der Waals surface area contributed by atoms with Gasteiger partial charge in [0, 0.05) is 0 Å². The van der Waals surface area contributed by atoms with E-state index >= 15 is 0 Å². The molecule has 0 heterocycles. The van der Waals surface area contributed by atoms with Gasteiger partial charge in [0.1, 0.15) is 6.10 Å². The lowest BCUT2D eigenvalue weighted by Gasteiger charge is -2.25. The Morgan fingerprint density at radius 2 is 1.83 bits per heavy atom. The molecule has 1 fully saturated rings. The molecule has 0 saturated heterocycles. The summed E-state index contributed by atoms with van der Waals surface area (Å²) in [5.41, 5.74) is -0.0319. The first kappa shape index (κ1) is 9.90. The molecule has 0 bridgehead atoms. The Morgan fingerprint density at radius 1 is 1.33 bits per heavy atom. The minimum Gasteiger partial charge on any atom is -0.387 e. The third-order valence-corrected chi connectivity index (χ3v) is 2.80. The van der Waals surface area contributed by atoms with Crippen LogP contribution in [0.1, 0.15) is 39.0 Å². The highest BCUT2D eigenvalue weighted by atomic mass is 19.3. The normalized spacial score (nSPS) is 24.8. The van der Waals surface area contributed by atoms with Gasteiger partial charge in [-0.15, -0.1) is 0 Å². The van der Waals surface area contributed by atoms with E-state index in [2.05, 4.69) is 0 Å². The molecule has 1 unspecified atom stereocenters. The summed E-state index contributed by atoms with van der Waals surface area (Å²) in [5.74, 6) is 0. The van der Waals surface area contributed by atoms with Crippen molar-refractivity contribution < 1.29 is 13.9 Å². The van der Waals surface area contributed by atoms with Gasteiger partial charge < -0.3 is 5.11 Å². The Balaban J connectivity index is 2.38. The van der Waals surface area contributed by atoms with E-state index in [4.69, 9.17) is 5.11 Å².